The largest absolute Gasteiger partial charge is 0.350 e. The monoisotopic (exact) mass is 472 g/mol. The van der Waals surface area contributed by atoms with Gasteiger partial charge in [0.15, 0.2) is 0 Å². The number of aryl methyl sites for hydroxylation is 1. The number of amides is 3. The number of rotatable bonds is 10. The Morgan fingerprint density at radius 1 is 0.914 bits per heavy atom. The molecule has 1 heterocycles. The van der Waals surface area contributed by atoms with E-state index in [0.29, 0.717) is 24.0 Å². The van der Waals surface area contributed by atoms with Crippen LogP contribution in [0.25, 0.3) is 0 Å². The van der Waals surface area contributed by atoms with E-state index in [1.807, 2.05) is 67.6 Å². The number of benzene rings is 2. The lowest BCUT2D eigenvalue weighted by Crippen LogP contribution is -2.41. The highest BCUT2D eigenvalue weighted by atomic mass is 16.2. The van der Waals surface area contributed by atoms with E-state index in [1.54, 1.807) is 12.3 Å². The van der Waals surface area contributed by atoms with Gasteiger partial charge in [0.1, 0.15) is 12.4 Å². The Morgan fingerprint density at radius 2 is 1.63 bits per heavy atom. The van der Waals surface area contributed by atoms with Crippen molar-refractivity contribution in [1.29, 1.82) is 0 Å². The van der Waals surface area contributed by atoms with Crippen LogP contribution in [0, 0.1) is 6.92 Å². The summed E-state index contributed by atoms with van der Waals surface area (Å²) < 4.78 is 0. The molecule has 2 aromatic carbocycles. The second-order valence-corrected chi connectivity index (χ2v) is 8.76. The van der Waals surface area contributed by atoms with Gasteiger partial charge in [-0.15, -0.1) is 0 Å². The van der Waals surface area contributed by atoms with Gasteiger partial charge in [0, 0.05) is 31.3 Å². The van der Waals surface area contributed by atoms with E-state index in [2.05, 4.69) is 29.5 Å². The topological polar surface area (TPSA) is 91.4 Å². The standard InChI is InChI=1S/C28H32N4O3/c1-20(2)23-9-11-24(12-10-23)32(19-27(34)30-18-22-7-5-4-6-8-22)28(35)14-13-26(33)31-25-17-21(3)15-16-29-25/h4-12,15-17,20H,13-14,18-19H2,1-3H3,(H,30,34)(H,29,31,33). The number of pyridine rings is 1. The zero-order chi connectivity index (χ0) is 25.2. The SMILES string of the molecule is Cc1ccnc(NC(=O)CCC(=O)N(CC(=O)NCc2ccccc2)c2ccc(C(C)C)cc2)c1. The molecule has 2 N–H and O–H groups in total. The van der Waals surface area contributed by atoms with E-state index in [9.17, 15) is 14.4 Å². The Morgan fingerprint density at radius 3 is 2.29 bits per heavy atom. The maximum absolute atomic E-state index is 13.1. The van der Waals surface area contributed by atoms with Gasteiger partial charge in [0.05, 0.1) is 0 Å². The van der Waals surface area contributed by atoms with Crippen LogP contribution in [0.2, 0.25) is 0 Å². The lowest BCUT2D eigenvalue weighted by molar-refractivity contribution is -0.125. The molecular weight excluding hydrogens is 440 g/mol. The molecule has 0 spiro atoms. The lowest BCUT2D eigenvalue weighted by Gasteiger charge is -2.23. The van der Waals surface area contributed by atoms with Crippen LogP contribution in [-0.4, -0.2) is 29.3 Å². The molecular formula is C28H32N4O3. The number of carbonyl (C=O) groups excluding carboxylic acids is 3. The highest BCUT2D eigenvalue weighted by Crippen LogP contribution is 2.21. The molecule has 0 unspecified atom stereocenters. The fourth-order valence-corrected chi connectivity index (χ4v) is 3.52. The number of nitrogens with zero attached hydrogens (tertiary/aromatic N) is 2. The third-order valence-electron chi connectivity index (χ3n) is 5.56. The van der Waals surface area contributed by atoms with Crippen molar-refractivity contribution in [3.05, 3.63) is 89.6 Å². The van der Waals surface area contributed by atoms with Crippen molar-refractivity contribution in [2.45, 2.75) is 46.1 Å². The first kappa shape index (κ1) is 25.6. The normalized spacial score (nSPS) is 10.6. The number of hydrogen-bond donors (Lipinski definition) is 2. The predicted molar refractivity (Wildman–Crippen MR) is 138 cm³/mol. The van der Waals surface area contributed by atoms with E-state index in [4.69, 9.17) is 0 Å². The molecule has 0 aliphatic carbocycles. The summed E-state index contributed by atoms with van der Waals surface area (Å²) >= 11 is 0. The maximum Gasteiger partial charge on any atom is 0.240 e. The third kappa shape index (κ3) is 8.07. The summed E-state index contributed by atoms with van der Waals surface area (Å²) in [4.78, 5) is 43.8. The highest BCUT2D eigenvalue weighted by Gasteiger charge is 2.20. The molecule has 0 saturated heterocycles. The zero-order valence-corrected chi connectivity index (χ0v) is 20.5. The molecule has 0 aliphatic heterocycles. The molecule has 0 saturated carbocycles. The van der Waals surface area contributed by atoms with E-state index in [0.717, 1.165) is 16.7 Å². The lowest BCUT2D eigenvalue weighted by atomic mass is 10.0. The Kier molecular flexibility index (Phi) is 9.12. The van der Waals surface area contributed by atoms with Crippen LogP contribution in [-0.2, 0) is 20.9 Å². The Balaban J connectivity index is 1.65. The van der Waals surface area contributed by atoms with Gasteiger partial charge in [-0.2, -0.15) is 0 Å². The molecule has 35 heavy (non-hydrogen) atoms. The van der Waals surface area contributed by atoms with Gasteiger partial charge < -0.3 is 15.5 Å². The molecule has 0 fully saturated rings. The van der Waals surface area contributed by atoms with E-state index >= 15 is 0 Å². The molecule has 182 valence electrons. The number of aromatic nitrogens is 1. The van der Waals surface area contributed by atoms with Crippen molar-refractivity contribution in [2.75, 3.05) is 16.8 Å². The predicted octanol–water partition coefficient (Wildman–Crippen LogP) is 4.58. The van der Waals surface area contributed by atoms with Gasteiger partial charge >= 0.3 is 0 Å². The zero-order valence-electron chi connectivity index (χ0n) is 20.5. The summed E-state index contributed by atoms with van der Waals surface area (Å²) in [6.45, 7) is 6.34. The first-order valence-corrected chi connectivity index (χ1v) is 11.8. The van der Waals surface area contributed by atoms with Crippen LogP contribution in [0.4, 0.5) is 11.5 Å². The molecule has 3 amide bonds. The average molecular weight is 473 g/mol. The fraction of sp³-hybridized carbons (Fsp3) is 0.286. The summed E-state index contributed by atoms with van der Waals surface area (Å²) in [6.07, 6.45) is 1.57. The smallest absolute Gasteiger partial charge is 0.240 e. The summed E-state index contributed by atoms with van der Waals surface area (Å²) in [5.74, 6) is -0.0849. The molecule has 0 radical (unpaired) electrons. The van der Waals surface area contributed by atoms with Crippen LogP contribution in [0.3, 0.4) is 0 Å². The van der Waals surface area contributed by atoms with Crippen LogP contribution in [0.15, 0.2) is 72.9 Å². The molecule has 7 heteroatoms. The molecule has 0 aliphatic rings. The first-order valence-electron chi connectivity index (χ1n) is 11.8. The quantitative estimate of drug-likeness (QED) is 0.452. The van der Waals surface area contributed by atoms with Crippen molar-refractivity contribution in [3.8, 4) is 0 Å². The van der Waals surface area contributed by atoms with Crippen LogP contribution in [0.1, 0.15) is 49.3 Å². The molecule has 1 aromatic heterocycles. The Hall–Kier alpha value is -4.00. The van der Waals surface area contributed by atoms with Crippen LogP contribution in [0.5, 0.6) is 0 Å². The summed E-state index contributed by atoms with van der Waals surface area (Å²) in [5.41, 5.74) is 3.71. The number of carbonyl (C=O) groups is 3. The minimum absolute atomic E-state index is 0.0132. The highest BCUT2D eigenvalue weighted by molar-refractivity contribution is 6.01. The number of nitrogens with one attached hydrogen (secondary N) is 2. The third-order valence-corrected chi connectivity index (χ3v) is 5.56. The molecule has 0 bridgehead atoms. The van der Waals surface area contributed by atoms with Crippen molar-refractivity contribution in [2.24, 2.45) is 0 Å². The van der Waals surface area contributed by atoms with Gasteiger partial charge in [-0.25, -0.2) is 4.98 Å². The van der Waals surface area contributed by atoms with E-state index < -0.39 is 0 Å². The first-order chi connectivity index (χ1) is 16.8. The Bertz CT molecular complexity index is 1140. The maximum atomic E-state index is 13.1. The minimum Gasteiger partial charge on any atom is -0.350 e. The summed E-state index contributed by atoms with van der Waals surface area (Å²) in [6, 6.07) is 20.8. The van der Waals surface area contributed by atoms with Gasteiger partial charge in [0.25, 0.3) is 0 Å². The molecule has 0 atom stereocenters. The van der Waals surface area contributed by atoms with E-state index in [1.165, 1.54) is 4.90 Å². The molecule has 3 rings (SSSR count). The minimum atomic E-state index is -0.305. The second kappa shape index (κ2) is 12.5. The Labute approximate surface area is 206 Å². The second-order valence-electron chi connectivity index (χ2n) is 8.76. The summed E-state index contributed by atoms with van der Waals surface area (Å²) in [7, 11) is 0. The molecule has 7 nitrogen and oxygen atoms in total. The number of hydrogen-bond acceptors (Lipinski definition) is 4. The average Bonchev–Trinajstić information content (AvgIpc) is 2.85. The van der Waals surface area contributed by atoms with Gasteiger partial charge in [-0.1, -0.05) is 56.3 Å². The fourth-order valence-electron chi connectivity index (χ4n) is 3.52. The van der Waals surface area contributed by atoms with Crippen molar-refractivity contribution in [1.82, 2.24) is 10.3 Å². The van der Waals surface area contributed by atoms with Gasteiger partial charge in [-0.05, 0) is 53.8 Å². The van der Waals surface area contributed by atoms with Crippen molar-refractivity contribution < 1.29 is 14.4 Å². The molecule has 3 aromatic rings. The summed E-state index contributed by atoms with van der Waals surface area (Å²) in [5, 5.41) is 5.58. The van der Waals surface area contributed by atoms with Gasteiger partial charge in [-0.3, -0.25) is 14.4 Å². The van der Waals surface area contributed by atoms with Crippen molar-refractivity contribution >= 4 is 29.2 Å². The van der Waals surface area contributed by atoms with Crippen molar-refractivity contribution in [3.63, 3.8) is 0 Å². The van der Waals surface area contributed by atoms with Crippen LogP contribution >= 0.6 is 0 Å². The number of anilines is 2. The van der Waals surface area contributed by atoms with Gasteiger partial charge in [0.2, 0.25) is 17.7 Å². The van der Waals surface area contributed by atoms with Crippen LogP contribution < -0.4 is 15.5 Å². The van der Waals surface area contributed by atoms with E-state index in [-0.39, 0.29) is 37.1 Å².